The van der Waals surface area contributed by atoms with Gasteiger partial charge in [0.2, 0.25) is 5.75 Å². The molecule has 1 fully saturated rings. The molecule has 6 nitrogen and oxygen atoms in total. The molecule has 1 aromatic heterocycles. The Kier molecular flexibility index (Phi) is 4.42. The van der Waals surface area contributed by atoms with E-state index in [9.17, 15) is 5.11 Å². The van der Waals surface area contributed by atoms with Crippen LogP contribution in [0.1, 0.15) is 19.8 Å². The Hall–Kier alpha value is -1.56. The van der Waals surface area contributed by atoms with Crippen molar-refractivity contribution in [3.63, 3.8) is 0 Å². The predicted octanol–water partition coefficient (Wildman–Crippen LogP) is 1.12. The highest BCUT2D eigenvalue weighted by atomic mass is 16.5. The molecule has 2 rings (SSSR count). The number of nitrogens with one attached hydrogen (secondary N) is 1. The van der Waals surface area contributed by atoms with E-state index in [0.29, 0.717) is 17.5 Å². The van der Waals surface area contributed by atoms with Crippen molar-refractivity contribution in [1.82, 2.24) is 9.97 Å². The third-order valence-corrected chi connectivity index (χ3v) is 3.75. The quantitative estimate of drug-likeness (QED) is 0.851. The van der Waals surface area contributed by atoms with Gasteiger partial charge >= 0.3 is 0 Å². The van der Waals surface area contributed by atoms with Gasteiger partial charge in [0.05, 0.1) is 13.2 Å². The summed E-state index contributed by atoms with van der Waals surface area (Å²) in [6.07, 6.45) is 3.26. The van der Waals surface area contributed by atoms with Crippen LogP contribution < -0.4 is 15.0 Å². The van der Waals surface area contributed by atoms with Gasteiger partial charge in [-0.05, 0) is 25.7 Å². The summed E-state index contributed by atoms with van der Waals surface area (Å²) < 4.78 is 5.42. The second-order valence-electron chi connectivity index (χ2n) is 4.89. The number of aliphatic hydroxyl groups excluding tert-OH is 1. The molecule has 0 amide bonds. The summed E-state index contributed by atoms with van der Waals surface area (Å²) >= 11 is 0. The van der Waals surface area contributed by atoms with E-state index in [4.69, 9.17) is 4.74 Å². The van der Waals surface area contributed by atoms with Crippen LogP contribution in [0.3, 0.4) is 0 Å². The number of rotatable bonds is 4. The van der Waals surface area contributed by atoms with Crippen LogP contribution in [0.2, 0.25) is 0 Å². The molecule has 2 heterocycles. The van der Waals surface area contributed by atoms with Gasteiger partial charge < -0.3 is 20.1 Å². The number of aliphatic hydroxyl groups is 1. The molecular formula is C13H22N4O2. The largest absolute Gasteiger partial charge is 0.490 e. The molecule has 19 heavy (non-hydrogen) atoms. The molecule has 0 aromatic carbocycles. The fourth-order valence-corrected chi connectivity index (χ4v) is 2.55. The van der Waals surface area contributed by atoms with Gasteiger partial charge in [-0.1, -0.05) is 0 Å². The van der Waals surface area contributed by atoms with Crippen molar-refractivity contribution >= 4 is 11.6 Å². The van der Waals surface area contributed by atoms with Crippen LogP contribution in [-0.4, -0.2) is 48.4 Å². The first-order valence-corrected chi connectivity index (χ1v) is 6.67. The summed E-state index contributed by atoms with van der Waals surface area (Å²) in [6.45, 7) is 3.63. The van der Waals surface area contributed by atoms with Gasteiger partial charge in [-0.3, -0.25) is 0 Å². The van der Waals surface area contributed by atoms with E-state index in [-0.39, 0.29) is 6.10 Å². The minimum Gasteiger partial charge on any atom is -0.490 e. The summed E-state index contributed by atoms with van der Waals surface area (Å²) in [5, 5.41) is 12.6. The van der Waals surface area contributed by atoms with E-state index in [0.717, 1.165) is 31.7 Å². The molecule has 1 unspecified atom stereocenters. The Morgan fingerprint density at radius 2 is 2.11 bits per heavy atom. The van der Waals surface area contributed by atoms with Crippen LogP contribution in [0.15, 0.2) is 6.33 Å². The number of anilines is 2. The first kappa shape index (κ1) is 13.9. The average molecular weight is 266 g/mol. The van der Waals surface area contributed by atoms with Gasteiger partial charge in [0.25, 0.3) is 0 Å². The first-order chi connectivity index (χ1) is 9.17. The molecule has 0 spiro atoms. The monoisotopic (exact) mass is 266 g/mol. The summed E-state index contributed by atoms with van der Waals surface area (Å²) in [7, 11) is 3.44. The van der Waals surface area contributed by atoms with Crippen molar-refractivity contribution in [3.05, 3.63) is 6.33 Å². The fourth-order valence-electron chi connectivity index (χ4n) is 2.55. The minimum atomic E-state index is -0.234. The van der Waals surface area contributed by atoms with Crippen molar-refractivity contribution in [2.24, 2.45) is 5.92 Å². The van der Waals surface area contributed by atoms with Crippen LogP contribution in [0.4, 0.5) is 11.6 Å². The van der Waals surface area contributed by atoms with Crippen LogP contribution in [0.5, 0.6) is 5.75 Å². The molecule has 1 saturated heterocycles. The average Bonchev–Trinajstić information content (AvgIpc) is 2.46. The maximum atomic E-state index is 9.64. The molecule has 106 valence electrons. The first-order valence-electron chi connectivity index (χ1n) is 6.67. The number of aromatic nitrogens is 2. The minimum absolute atomic E-state index is 0.234. The van der Waals surface area contributed by atoms with Gasteiger partial charge in [0, 0.05) is 20.1 Å². The Morgan fingerprint density at radius 3 is 2.63 bits per heavy atom. The molecule has 1 aromatic rings. The zero-order valence-corrected chi connectivity index (χ0v) is 11.8. The lowest BCUT2D eigenvalue weighted by Gasteiger charge is -2.34. The maximum Gasteiger partial charge on any atom is 0.204 e. The summed E-state index contributed by atoms with van der Waals surface area (Å²) in [4.78, 5) is 10.7. The van der Waals surface area contributed by atoms with E-state index in [1.165, 1.54) is 0 Å². The van der Waals surface area contributed by atoms with Crippen LogP contribution in [0, 0.1) is 5.92 Å². The molecule has 6 heteroatoms. The zero-order valence-electron chi connectivity index (χ0n) is 11.8. The van der Waals surface area contributed by atoms with Crippen LogP contribution >= 0.6 is 0 Å². The topological polar surface area (TPSA) is 70.5 Å². The number of hydrogen-bond acceptors (Lipinski definition) is 6. The zero-order chi connectivity index (χ0) is 13.8. The second-order valence-corrected chi connectivity index (χ2v) is 4.89. The summed E-state index contributed by atoms with van der Waals surface area (Å²) in [5.41, 5.74) is 0. The van der Waals surface area contributed by atoms with Crippen LogP contribution in [0.25, 0.3) is 0 Å². The van der Waals surface area contributed by atoms with E-state index >= 15 is 0 Å². The molecule has 2 N–H and O–H groups in total. The van der Waals surface area contributed by atoms with Gasteiger partial charge in [-0.15, -0.1) is 0 Å². The van der Waals surface area contributed by atoms with E-state index in [2.05, 4.69) is 20.2 Å². The number of hydrogen-bond donors (Lipinski definition) is 2. The van der Waals surface area contributed by atoms with Crippen molar-refractivity contribution in [1.29, 1.82) is 0 Å². The number of methoxy groups -OCH3 is 1. The lowest BCUT2D eigenvalue weighted by molar-refractivity contribution is 0.109. The highest BCUT2D eigenvalue weighted by molar-refractivity contribution is 5.64. The normalized spacial score (nSPS) is 18.2. The molecular weight excluding hydrogens is 244 g/mol. The Balaban J connectivity index is 2.15. The summed E-state index contributed by atoms with van der Waals surface area (Å²) in [5.74, 6) is 2.59. The number of nitrogens with zero attached hydrogens (tertiary/aromatic N) is 3. The highest BCUT2D eigenvalue weighted by Gasteiger charge is 2.26. The summed E-state index contributed by atoms with van der Waals surface area (Å²) in [6, 6.07) is 0. The van der Waals surface area contributed by atoms with Gasteiger partial charge in [0.15, 0.2) is 11.6 Å². The molecule has 1 atom stereocenters. The number of ether oxygens (including phenoxy) is 1. The predicted molar refractivity (Wildman–Crippen MR) is 74.7 cm³/mol. The lowest BCUT2D eigenvalue weighted by Crippen LogP contribution is -2.37. The SMILES string of the molecule is CNc1ncnc(N2CCC(C(C)O)CC2)c1OC. The van der Waals surface area contributed by atoms with Crippen molar-refractivity contribution in [2.75, 3.05) is 37.5 Å². The fraction of sp³-hybridized carbons (Fsp3) is 0.692. The van der Waals surface area contributed by atoms with Crippen molar-refractivity contribution in [3.8, 4) is 5.75 Å². The Bertz CT molecular complexity index is 417. The third kappa shape index (κ3) is 2.89. The standard InChI is InChI=1S/C13H22N4O2/c1-9(18)10-4-6-17(7-5-10)13-11(19-3)12(14-2)15-8-16-13/h8-10,18H,4-7H2,1-3H3,(H,14,15,16). The van der Waals surface area contributed by atoms with Gasteiger partial charge in [0.1, 0.15) is 6.33 Å². The highest BCUT2D eigenvalue weighted by Crippen LogP contribution is 2.34. The van der Waals surface area contributed by atoms with Crippen molar-refractivity contribution in [2.45, 2.75) is 25.9 Å². The smallest absolute Gasteiger partial charge is 0.204 e. The number of piperidine rings is 1. The van der Waals surface area contributed by atoms with Gasteiger partial charge in [-0.2, -0.15) is 0 Å². The molecule has 0 aliphatic carbocycles. The molecule has 0 saturated carbocycles. The molecule has 0 radical (unpaired) electrons. The van der Waals surface area contributed by atoms with E-state index in [1.807, 2.05) is 14.0 Å². The Morgan fingerprint density at radius 1 is 1.42 bits per heavy atom. The third-order valence-electron chi connectivity index (χ3n) is 3.75. The second kappa shape index (κ2) is 6.06. The maximum absolute atomic E-state index is 9.64. The van der Waals surface area contributed by atoms with Gasteiger partial charge in [-0.25, -0.2) is 9.97 Å². The van der Waals surface area contributed by atoms with E-state index in [1.54, 1.807) is 13.4 Å². The van der Waals surface area contributed by atoms with Crippen molar-refractivity contribution < 1.29 is 9.84 Å². The molecule has 1 aliphatic heterocycles. The molecule has 1 aliphatic rings. The Labute approximate surface area is 113 Å². The molecule has 0 bridgehead atoms. The van der Waals surface area contributed by atoms with Crippen LogP contribution in [-0.2, 0) is 0 Å². The van der Waals surface area contributed by atoms with E-state index < -0.39 is 0 Å². The lowest BCUT2D eigenvalue weighted by atomic mass is 9.92.